The molecule has 0 aromatic heterocycles. The van der Waals surface area contributed by atoms with E-state index in [1.54, 1.807) is 7.11 Å². The summed E-state index contributed by atoms with van der Waals surface area (Å²) >= 11 is 0. The van der Waals surface area contributed by atoms with Gasteiger partial charge in [-0.3, -0.25) is 4.79 Å². The molecule has 0 aliphatic carbocycles. The van der Waals surface area contributed by atoms with Crippen LogP contribution in [-0.2, 0) is 4.79 Å². The molecule has 0 atom stereocenters. The second-order valence-electron chi connectivity index (χ2n) is 5.24. The summed E-state index contributed by atoms with van der Waals surface area (Å²) in [6.07, 6.45) is 0.271. The Hall–Kier alpha value is -2.69. The molecular weight excluding hydrogens is 292 g/mol. The summed E-state index contributed by atoms with van der Waals surface area (Å²) in [5.41, 5.74) is 1.86. The molecule has 0 fully saturated rings. The fourth-order valence-corrected chi connectivity index (χ4v) is 2.06. The molecule has 1 amide bonds. The van der Waals surface area contributed by atoms with Gasteiger partial charge in [0.1, 0.15) is 0 Å². The third-order valence-corrected chi connectivity index (χ3v) is 3.32. The highest BCUT2D eigenvalue weighted by Crippen LogP contribution is 2.25. The van der Waals surface area contributed by atoms with E-state index in [0.717, 1.165) is 11.4 Å². The quantitative estimate of drug-likeness (QED) is 0.853. The predicted octanol–water partition coefficient (Wildman–Crippen LogP) is 3.17. The molecule has 0 unspecified atom stereocenters. The van der Waals surface area contributed by atoms with E-state index in [-0.39, 0.29) is 12.3 Å². The number of nitrogens with one attached hydrogen (secondary N) is 1. The molecule has 0 bridgehead atoms. The van der Waals surface area contributed by atoms with E-state index >= 15 is 0 Å². The van der Waals surface area contributed by atoms with Crippen LogP contribution in [0.25, 0.3) is 0 Å². The molecule has 2 rings (SSSR count). The van der Waals surface area contributed by atoms with Gasteiger partial charge in [-0.25, -0.2) is 0 Å². The van der Waals surface area contributed by atoms with Crippen molar-refractivity contribution in [2.45, 2.75) is 6.42 Å². The number of nitrogens with zero attached hydrogens (tertiary/aromatic N) is 1. The number of para-hydroxylation sites is 2. The lowest BCUT2D eigenvalue weighted by Gasteiger charge is -2.13. The van der Waals surface area contributed by atoms with Gasteiger partial charge in [-0.15, -0.1) is 0 Å². The smallest absolute Gasteiger partial charge is 0.227 e. The van der Waals surface area contributed by atoms with E-state index in [4.69, 9.17) is 9.47 Å². The number of hydrogen-bond donors (Lipinski definition) is 1. The highest BCUT2D eigenvalue weighted by Gasteiger charge is 2.06. The number of carbonyl (C=O) groups is 1. The standard InChI is InChI=1S/C18H22N2O3/c1-20(2)15-10-8-14(9-11-15)19-18(21)12-13-23-17-7-5-4-6-16(17)22-3/h4-11H,12-13H2,1-3H3,(H,19,21). The first-order valence-electron chi connectivity index (χ1n) is 7.43. The number of methoxy groups -OCH3 is 1. The van der Waals surface area contributed by atoms with Gasteiger partial charge in [0.05, 0.1) is 20.1 Å². The highest BCUT2D eigenvalue weighted by molar-refractivity contribution is 5.90. The Labute approximate surface area is 136 Å². The Bertz CT molecular complexity index is 639. The summed E-state index contributed by atoms with van der Waals surface area (Å²) in [4.78, 5) is 13.9. The number of anilines is 2. The zero-order valence-electron chi connectivity index (χ0n) is 13.7. The summed E-state index contributed by atoms with van der Waals surface area (Å²) in [7, 11) is 5.54. The fraction of sp³-hybridized carbons (Fsp3) is 0.278. The van der Waals surface area contributed by atoms with Crippen LogP contribution in [0.2, 0.25) is 0 Å². The number of hydrogen-bond acceptors (Lipinski definition) is 4. The highest BCUT2D eigenvalue weighted by atomic mass is 16.5. The lowest BCUT2D eigenvalue weighted by molar-refractivity contribution is -0.116. The average Bonchev–Trinajstić information content (AvgIpc) is 2.55. The summed E-state index contributed by atoms with van der Waals surface area (Å²) < 4.78 is 10.8. The van der Waals surface area contributed by atoms with Gasteiger partial charge in [0.15, 0.2) is 11.5 Å². The maximum absolute atomic E-state index is 11.9. The predicted molar refractivity (Wildman–Crippen MR) is 92.5 cm³/mol. The first-order chi connectivity index (χ1) is 11.1. The second kappa shape index (κ2) is 8.08. The van der Waals surface area contributed by atoms with Crippen molar-refractivity contribution < 1.29 is 14.3 Å². The van der Waals surface area contributed by atoms with Gasteiger partial charge < -0.3 is 19.7 Å². The van der Waals surface area contributed by atoms with Crippen LogP contribution in [0.3, 0.4) is 0 Å². The van der Waals surface area contributed by atoms with Crippen LogP contribution in [0, 0.1) is 0 Å². The van der Waals surface area contributed by atoms with Crippen molar-refractivity contribution >= 4 is 17.3 Å². The number of carbonyl (C=O) groups excluding carboxylic acids is 1. The monoisotopic (exact) mass is 314 g/mol. The minimum Gasteiger partial charge on any atom is -0.493 e. The van der Waals surface area contributed by atoms with Crippen molar-refractivity contribution in [3.63, 3.8) is 0 Å². The van der Waals surface area contributed by atoms with Crippen LogP contribution < -0.4 is 19.7 Å². The zero-order chi connectivity index (χ0) is 16.7. The molecule has 0 spiro atoms. The van der Waals surface area contributed by atoms with Crippen molar-refractivity contribution in [2.24, 2.45) is 0 Å². The number of amides is 1. The molecule has 2 aromatic rings. The molecule has 0 saturated heterocycles. The molecule has 5 heteroatoms. The third kappa shape index (κ3) is 4.92. The SMILES string of the molecule is COc1ccccc1OCCC(=O)Nc1ccc(N(C)C)cc1. The lowest BCUT2D eigenvalue weighted by atomic mass is 10.2. The van der Waals surface area contributed by atoms with Crippen LogP contribution in [-0.4, -0.2) is 33.7 Å². The Balaban J connectivity index is 1.81. The Kier molecular flexibility index (Phi) is 5.86. The molecule has 2 aromatic carbocycles. The van der Waals surface area contributed by atoms with E-state index in [9.17, 15) is 4.79 Å². The van der Waals surface area contributed by atoms with Crippen molar-refractivity contribution in [1.29, 1.82) is 0 Å². The molecule has 0 aliphatic rings. The summed E-state index contributed by atoms with van der Waals surface area (Å²) in [6.45, 7) is 0.294. The van der Waals surface area contributed by atoms with Gasteiger partial charge in [0.2, 0.25) is 5.91 Å². The molecule has 0 aliphatic heterocycles. The van der Waals surface area contributed by atoms with E-state index in [1.165, 1.54) is 0 Å². The molecule has 1 N–H and O–H groups in total. The van der Waals surface area contributed by atoms with Gasteiger partial charge in [0, 0.05) is 25.5 Å². The van der Waals surface area contributed by atoms with Gasteiger partial charge in [-0.2, -0.15) is 0 Å². The average molecular weight is 314 g/mol. The van der Waals surface area contributed by atoms with Gasteiger partial charge in [-0.1, -0.05) is 12.1 Å². The largest absolute Gasteiger partial charge is 0.493 e. The first kappa shape index (κ1) is 16.7. The zero-order valence-corrected chi connectivity index (χ0v) is 13.7. The fourth-order valence-electron chi connectivity index (χ4n) is 2.06. The molecule has 0 radical (unpaired) electrons. The van der Waals surface area contributed by atoms with Crippen molar-refractivity contribution in [3.8, 4) is 11.5 Å². The number of ether oxygens (including phenoxy) is 2. The Morgan fingerprint density at radius 2 is 1.70 bits per heavy atom. The molecule has 5 nitrogen and oxygen atoms in total. The van der Waals surface area contributed by atoms with E-state index in [2.05, 4.69) is 5.32 Å². The maximum atomic E-state index is 11.9. The van der Waals surface area contributed by atoms with E-state index in [0.29, 0.717) is 18.1 Å². The minimum absolute atomic E-state index is 0.0856. The second-order valence-corrected chi connectivity index (χ2v) is 5.24. The topological polar surface area (TPSA) is 50.8 Å². The molecular formula is C18H22N2O3. The number of rotatable bonds is 7. The van der Waals surface area contributed by atoms with Crippen LogP contribution in [0.15, 0.2) is 48.5 Å². The normalized spacial score (nSPS) is 10.0. The van der Waals surface area contributed by atoms with Gasteiger partial charge in [-0.05, 0) is 36.4 Å². The van der Waals surface area contributed by atoms with Crippen LogP contribution >= 0.6 is 0 Å². The van der Waals surface area contributed by atoms with Crippen LogP contribution in [0.1, 0.15) is 6.42 Å². The van der Waals surface area contributed by atoms with Crippen LogP contribution in [0.4, 0.5) is 11.4 Å². The van der Waals surface area contributed by atoms with Crippen LogP contribution in [0.5, 0.6) is 11.5 Å². The molecule has 0 heterocycles. The number of benzene rings is 2. The Morgan fingerprint density at radius 1 is 1.04 bits per heavy atom. The van der Waals surface area contributed by atoms with Crippen molar-refractivity contribution in [1.82, 2.24) is 0 Å². The van der Waals surface area contributed by atoms with Crippen molar-refractivity contribution in [3.05, 3.63) is 48.5 Å². The minimum atomic E-state index is -0.0856. The molecule has 0 saturated carbocycles. The van der Waals surface area contributed by atoms with Gasteiger partial charge >= 0.3 is 0 Å². The Morgan fingerprint density at radius 3 is 2.30 bits per heavy atom. The van der Waals surface area contributed by atoms with E-state index in [1.807, 2.05) is 67.5 Å². The van der Waals surface area contributed by atoms with Crippen molar-refractivity contribution in [2.75, 3.05) is 38.0 Å². The first-order valence-corrected chi connectivity index (χ1v) is 7.43. The molecule has 23 heavy (non-hydrogen) atoms. The van der Waals surface area contributed by atoms with E-state index < -0.39 is 0 Å². The summed E-state index contributed by atoms with van der Waals surface area (Å²) in [5.74, 6) is 1.21. The lowest BCUT2D eigenvalue weighted by Crippen LogP contribution is -2.15. The third-order valence-electron chi connectivity index (χ3n) is 3.32. The molecule has 122 valence electrons. The summed E-state index contributed by atoms with van der Waals surface area (Å²) in [5, 5.41) is 2.85. The maximum Gasteiger partial charge on any atom is 0.227 e. The summed E-state index contributed by atoms with van der Waals surface area (Å²) in [6, 6.07) is 15.1. The van der Waals surface area contributed by atoms with Gasteiger partial charge in [0.25, 0.3) is 0 Å².